The second-order valence-corrected chi connectivity index (χ2v) is 6.74. The lowest BCUT2D eigenvalue weighted by Gasteiger charge is -2.39. The summed E-state index contributed by atoms with van der Waals surface area (Å²) in [4.78, 5) is 12.5. The van der Waals surface area contributed by atoms with Crippen molar-refractivity contribution < 1.29 is 4.79 Å². The van der Waals surface area contributed by atoms with Crippen LogP contribution in [-0.2, 0) is 4.79 Å². The van der Waals surface area contributed by atoms with E-state index in [4.69, 9.17) is 0 Å². The van der Waals surface area contributed by atoms with E-state index < -0.39 is 0 Å². The van der Waals surface area contributed by atoms with E-state index in [1.54, 1.807) is 0 Å². The Kier molecular flexibility index (Phi) is 4.29. The number of rotatable bonds is 2. The Hall–Kier alpha value is -1.35. The molecule has 0 bridgehead atoms. The molecule has 0 aromatic heterocycles. The van der Waals surface area contributed by atoms with Crippen molar-refractivity contribution in [1.82, 2.24) is 5.32 Å². The number of aryl methyl sites for hydroxylation is 2. The van der Waals surface area contributed by atoms with Gasteiger partial charge in [-0.2, -0.15) is 0 Å². The molecule has 1 saturated heterocycles. The van der Waals surface area contributed by atoms with Crippen LogP contribution in [0.4, 0.5) is 5.69 Å². The summed E-state index contributed by atoms with van der Waals surface area (Å²) in [5.74, 6) is 0.923. The van der Waals surface area contributed by atoms with Gasteiger partial charge >= 0.3 is 0 Å². The molecular weight excluding hydrogens is 260 g/mol. The first-order valence-electron chi connectivity index (χ1n) is 8.27. The fourth-order valence-electron chi connectivity index (χ4n) is 3.75. The number of nitrogens with one attached hydrogen (secondary N) is 2. The topological polar surface area (TPSA) is 41.1 Å². The van der Waals surface area contributed by atoms with Crippen LogP contribution in [-0.4, -0.2) is 18.0 Å². The first-order chi connectivity index (χ1) is 10.1. The van der Waals surface area contributed by atoms with Crippen molar-refractivity contribution in [3.05, 3.63) is 29.3 Å². The highest BCUT2D eigenvalue weighted by atomic mass is 16.2. The van der Waals surface area contributed by atoms with E-state index in [0.29, 0.717) is 6.04 Å². The molecule has 0 radical (unpaired) electrons. The summed E-state index contributed by atoms with van der Waals surface area (Å²) in [6.07, 6.45) is 7.41. The Bertz CT molecular complexity index is 526. The first kappa shape index (κ1) is 14.6. The average molecular weight is 286 g/mol. The summed E-state index contributed by atoms with van der Waals surface area (Å²) in [6.45, 7) is 4.17. The van der Waals surface area contributed by atoms with Crippen LogP contribution in [0.15, 0.2) is 18.2 Å². The molecule has 3 rings (SSSR count). The van der Waals surface area contributed by atoms with E-state index in [0.717, 1.165) is 18.0 Å². The molecule has 2 fully saturated rings. The number of hydrogen-bond acceptors (Lipinski definition) is 2. The number of carbonyl (C=O) groups excluding carboxylic acids is 1. The van der Waals surface area contributed by atoms with Crippen molar-refractivity contribution in [3.63, 3.8) is 0 Å². The second-order valence-electron chi connectivity index (χ2n) is 6.74. The molecule has 0 spiro atoms. The number of carbonyl (C=O) groups is 1. The Morgan fingerprint density at radius 2 is 1.90 bits per heavy atom. The standard InChI is InChI=1S/C18H26N2O/c1-12-7-9-15(11-13(12)2)19-18(21)17-10-8-14-5-3-4-6-16(14)20-17/h7,9,11,14,16-17,20H,3-6,8,10H2,1-2H3,(H,19,21). The molecule has 114 valence electrons. The molecule has 3 nitrogen and oxygen atoms in total. The molecule has 1 aliphatic carbocycles. The van der Waals surface area contributed by atoms with E-state index in [9.17, 15) is 4.79 Å². The van der Waals surface area contributed by atoms with Gasteiger partial charge in [0.05, 0.1) is 6.04 Å². The normalized spacial score (nSPS) is 28.8. The maximum absolute atomic E-state index is 12.5. The van der Waals surface area contributed by atoms with Crippen molar-refractivity contribution in [3.8, 4) is 0 Å². The van der Waals surface area contributed by atoms with E-state index in [1.807, 2.05) is 6.07 Å². The van der Waals surface area contributed by atoms with E-state index in [1.165, 1.54) is 43.2 Å². The smallest absolute Gasteiger partial charge is 0.241 e. The first-order valence-corrected chi connectivity index (χ1v) is 8.27. The average Bonchev–Trinajstić information content (AvgIpc) is 2.50. The molecule has 3 heteroatoms. The maximum atomic E-state index is 12.5. The highest BCUT2D eigenvalue weighted by Crippen LogP contribution is 2.32. The lowest BCUT2D eigenvalue weighted by molar-refractivity contribution is -0.119. The highest BCUT2D eigenvalue weighted by molar-refractivity contribution is 5.95. The second kappa shape index (κ2) is 6.18. The van der Waals surface area contributed by atoms with Crippen LogP contribution in [0.5, 0.6) is 0 Å². The third kappa shape index (κ3) is 3.29. The van der Waals surface area contributed by atoms with Gasteiger partial charge in [0, 0.05) is 11.7 Å². The predicted molar refractivity (Wildman–Crippen MR) is 86.4 cm³/mol. The molecule has 21 heavy (non-hydrogen) atoms. The molecule has 1 amide bonds. The molecule has 1 heterocycles. The third-order valence-corrected chi connectivity index (χ3v) is 5.24. The SMILES string of the molecule is Cc1ccc(NC(=O)C2CCC3CCCCC3N2)cc1C. The van der Waals surface area contributed by atoms with Crippen LogP contribution in [0.3, 0.4) is 0 Å². The zero-order chi connectivity index (χ0) is 14.8. The van der Waals surface area contributed by atoms with Crippen LogP contribution in [0, 0.1) is 19.8 Å². The van der Waals surface area contributed by atoms with E-state index in [2.05, 4.69) is 36.6 Å². The van der Waals surface area contributed by atoms with Gasteiger partial charge in [-0.05, 0) is 68.7 Å². The Labute approximate surface area is 127 Å². The highest BCUT2D eigenvalue weighted by Gasteiger charge is 2.34. The van der Waals surface area contributed by atoms with Crippen molar-refractivity contribution in [2.75, 3.05) is 5.32 Å². The molecule has 1 saturated carbocycles. The minimum absolute atomic E-state index is 0.0223. The van der Waals surface area contributed by atoms with Crippen LogP contribution in [0.2, 0.25) is 0 Å². The summed E-state index contributed by atoms with van der Waals surface area (Å²) >= 11 is 0. The number of anilines is 1. The van der Waals surface area contributed by atoms with Gasteiger partial charge in [-0.1, -0.05) is 18.9 Å². The van der Waals surface area contributed by atoms with Crippen molar-refractivity contribution >= 4 is 11.6 Å². The minimum Gasteiger partial charge on any atom is -0.325 e. The largest absolute Gasteiger partial charge is 0.325 e. The van der Waals surface area contributed by atoms with Gasteiger partial charge in [-0.15, -0.1) is 0 Å². The number of amides is 1. The quantitative estimate of drug-likeness (QED) is 0.873. The van der Waals surface area contributed by atoms with Gasteiger partial charge in [-0.25, -0.2) is 0 Å². The molecular formula is C18H26N2O. The van der Waals surface area contributed by atoms with E-state index >= 15 is 0 Å². The number of fused-ring (bicyclic) bond motifs is 1. The molecule has 1 aromatic rings. The van der Waals surface area contributed by atoms with Gasteiger partial charge in [0.1, 0.15) is 0 Å². The molecule has 2 N–H and O–H groups in total. The molecule has 2 aliphatic rings. The van der Waals surface area contributed by atoms with Gasteiger partial charge in [0.25, 0.3) is 0 Å². The Morgan fingerprint density at radius 1 is 1.10 bits per heavy atom. The Morgan fingerprint density at radius 3 is 2.71 bits per heavy atom. The summed E-state index contributed by atoms with van der Waals surface area (Å²) in [6, 6.07) is 6.65. The monoisotopic (exact) mass is 286 g/mol. The molecule has 1 aliphatic heterocycles. The summed E-state index contributed by atoms with van der Waals surface area (Å²) in [7, 11) is 0. The van der Waals surface area contributed by atoms with Crippen molar-refractivity contribution in [1.29, 1.82) is 0 Å². The number of piperidine rings is 1. The summed E-state index contributed by atoms with van der Waals surface area (Å²) < 4.78 is 0. The predicted octanol–water partition coefficient (Wildman–Crippen LogP) is 3.55. The fraction of sp³-hybridized carbons (Fsp3) is 0.611. The zero-order valence-corrected chi connectivity index (χ0v) is 13.1. The summed E-state index contributed by atoms with van der Waals surface area (Å²) in [5, 5.41) is 6.66. The third-order valence-electron chi connectivity index (χ3n) is 5.24. The van der Waals surface area contributed by atoms with Gasteiger partial charge in [-0.3, -0.25) is 4.79 Å². The molecule has 3 atom stereocenters. The van der Waals surface area contributed by atoms with Gasteiger partial charge in [0.15, 0.2) is 0 Å². The summed E-state index contributed by atoms with van der Waals surface area (Å²) in [5.41, 5.74) is 3.39. The van der Waals surface area contributed by atoms with Crippen molar-refractivity contribution in [2.45, 2.75) is 64.5 Å². The van der Waals surface area contributed by atoms with Crippen LogP contribution in [0.1, 0.15) is 49.7 Å². The lowest BCUT2D eigenvalue weighted by Crippen LogP contribution is -2.53. The van der Waals surface area contributed by atoms with Crippen LogP contribution >= 0.6 is 0 Å². The van der Waals surface area contributed by atoms with Crippen LogP contribution < -0.4 is 10.6 Å². The fourth-order valence-corrected chi connectivity index (χ4v) is 3.75. The molecule has 1 aromatic carbocycles. The van der Waals surface area contributed by atoms with Gasteiger partial charge in [0.2, 0.25) is 5.91 Å². The van der Waals surface area contributed by atoms with E-state index in [-0.39, 0.29) is 11.9 Å². The Balaban J connectivity index is 1.61. The molecule has 3 unspecified atom stereocenters. The maximum Gasteiger partial charge on any atom is 0.241 e. The number of hydrogen-bond donors (Lipinski definition) is 2. The zero-order valence-electron chi connectivity index (χ0n) is 13.1. The number of benzene rings is 1. The van der Waals surface area contributed by atoms with Gasteiger partial charge < -0.3 is 10.6 Å². The van der Waals surface area contributed by atoms with Crippen LogP contribution in [0.25, 0.3) is 0 Å². The minimum atomic E-state index is -0.0223. The van der Waals surface area contributed by atoms with Crippen molar-refractivity contribution in [2.24, 2.45) is 5.92 Å². The lowest BCUT2D eigenvalue weighted by atomic mass is 9.77.